The van der Waals surface area contributed by atoms with Crippen LogP contribution in [0.25, 0.3) is 6.08 Å². The highest BCUT2D eigenvalue weighted by atomic mass is 32.1. The van der Waals surface area contributed by atoms with E-state index in [1.165, 1.54) is 4.88 Å². The molecule has 0 spiro atoms. The van der Waals surface area contributed by atoms with Crippen molar-refractivity contribution >= 4 is 23.4 Å². The first-order valence-corrected chi connectivity index (χ1v) is 6.36. The van der Waals surface area contributed by atoms with Crippen LogP contribution >= 0.6 is 11.3 Å². The Morgan fingerprint density at radius 3 is 2.94 bits per heavy atom. The second kappa shape index (κ2) is 5.60. The highest BCUT2D eigenvalue weighted by molar-refractivity contribution is 7.12. The lowest BCUT2D eigenvalue weighted by atomic mass is 10.2. The van der Waals surface area contributed by atoms with Gasteiger partial charge in [-0.1, -0.05) is 6.07 Å². The van der Waals surface area contributed by atoms with E-state index in [1.807, 2.05) is 30.5 Å². The first-order chi connectivity index (χ1) is 8.65. The van der Waals surface area contributed by atoms with E-state index in [0.29, 0.717) is 5.57 Å². The molecule has 0 fully saturated rings. The van der Waals surface area contributed by atoms with Crippen LogP contribution in [0.15, 0.2) is 42.2 Å². The Kier molecular flexibility index (Phi) is 3.89. The molecule has 18 heavy (non-hydrogen) atoms. The fraction of sp³-hybridized carbons (Fsp3) is 0.143. The van der Waals surface area contributed by atoms with Gasteiger partial charge in [0, 0.05) is 34.1 Å². The van der Waals surface area contributed by atoms with Crippen LogP contribution < -0.4 is 0 Å². The van der Waals surface area contributed by atoms with Gasteiger partial charge >= 0.3 is 5.97 Å². The third-order valence-corrected chi connectivity index (χ3v) is 3.51. The zero-order valence-corrected chi connectivity index (χ0v) is 10.8. The summed E-state index contributed by atoms with van der Waals surface area (Å²) in [6.07, 6.45) is 6.12. The first kappa shape index (κ1) is 12.5. The predicted molar refractivity (Wildman–Crippen MR) is 72.6 cm³/mol. The van der Waals surface area contributed by atoms with Gasteiger partial charge in [0.15, 0.2) is 0 Å². The number of carboxylic acids is 1. The normalized spacial score (nSPS) is 11.5. The van der Waals surface area contributed by atoms with Crippen molar-refractivity contribution in [3.63, 3.8) is 0 Å². The summed E-state index contributed by atoms with van der Waals surface area (Å²) in [4.78, 5) is 17.0. The molecule has 0 aromatic carbocycles. The molecule has 0 aliphatic heterocycles. The Bertz CT molecular complexity index is 572. The van der Waals surface area contributed by atoms with Gasteiger partial charge in [-0.2, -0.15) is 0 Å². The van der Waals surface area contributed by atoms with Crippen molar-refractivity contribution < 1.29 is 9.90 Å². The van der Waals surface area contributed by atoms with Crippen LogP contribution in [0, 0.1) is 0 Å². The van der Waals surface area contributed by atoms with E-state index in [2.05, 4.69) is 4.98 Å². The van der Waals surface area contributed by atoms with Gasteiger partial charge in [0.25, 0.3) is 0 Å². The number of nitrogens with zero attached hydrogens (tertiary/aromatic N) is 1. The van der Waals surface area contributed by atoms with Crippen LogP contribution in [-0.4, -0.2) is 16.1 Å². The van der Waals surface area contributed by atoms with Gasteiger partial charge in [-0.05, 0) is 36.8 Å². The third kappa shape index (κ3) is 3.28. The second-order valence-corrected chi connectivity index (χ2v) is 5.17. The number of thiophene rings is 1. The molecular formula is C14H13NO2S. The van der Waals surface area contributed by atoms with Gasteiger partial charge in [-0.15, -0.1) is 11.3 Å². The number of hydrogen-bond acceptors (Lipinski definition) is 3. The average Bonchev–Trinajstić information content (AvgIpc) is 2.77. The zero-order valence-electron chi connectivity index (χ0n) is 9.96. The Morgan fingerprint density at radius 1 is 1.44 bits per heavy atom. The van der Waals surface area contributed by atoms with Crippen molar-refractivity contribution in [2.45, 2.75) is 13.3 Å². The van der Waals surface area contributed by atoms with Crippen molar-refractivity contribution in [3.8, 4) is 0 Å². The van der Waals surface area contributed by atoms with Crippen LogP contribution in [-0.2, 0) is 11.2 Å². The van der Waals surface area contributed by atoms with E-state index in [0.717, 1.165) is 16.9 Å². The van der Waals surface area contributed by atoms with E-state index >= 15 is 0 Å². The second-order valence-electron chi connectivity index (χ2n) is 3.97. The van der Waals surface area contributed by atoms with Crippen molar-refractivity contribution in [2.75, 3.05) is 0 Å². The summed E-state index contributed by atoms with van der Waals surface area (Å²) in [5.74, 6) is -0.878. The summed E-state index contributed by atoms with van der Waals surface area (Å²) in [7, 11) is 0. The molecular weight excluding hydrogens is 246 g/mol. The number of rotatable bonds is 4. The van der Waals surface area contributed by atoms with Gasteiger partial charge in [0.1, 0.15) is 0 Å². The Balaban J connectivity index is 2.12. The summed E-state index contributed by atoms with van der Waals surface area (Å²) in [5, 5.41) is 8.81. The summed E-state index contributed by atoms with van der Waals surface area (Å²) in [6, 6.07) is 7.92. The maximum atomic E-state index is 10.7. The Morgan fingerprint density at radius 2 is 2.28 bits per heavy atom. The van der Waals surface area contributed by atoms with E-state index < -0.39 is 5.97 Å². The van der Waals surface area contributed by atoms with Crippen molar-refractivity contribution in [1.82, 2.24) is 4.98 Å². The molecule has 3 nitrogen and oxygen atoms in total. The first-order valence-electron chi connectivity index (χ1n) is 5.54. The van der Waals surface area contributed by atoms with Gasteiger partial charge < -0.3 is 5.11 Å². The highest BCUT2D eigenvalue weighted by Crippen LogP contribution is 2.21. The molecule has 0 saturated carbocycles. The molecule has 1 N–H and O–H groups in total. The summed E-state index contributed by atoms with van der Waals surface area (Å²) < 4.78 is 0. The minimum atomic E-state index is -0.878. The maximum Gasteiger partial charge on any atom is 0.331 e. The van der Waals surface area contributed by atoms with Crippen molar-refractivity contribution in [2.24, 2.45) is 0 Å². The molecule has 0 bridgehead atoms. The van der Waals surface area contributed by atoms with Gasteiger partial charge in [-0.3, -0.25) is 4.98 Å². The largest absolute Gasteiger partial charge is 0.478 e. The Hall–Kier alpha value is -1.94. The minimum Gasteiger partial charge on any atom is -0.478 e. The number of carbonyl (C=O) groups is 1. The van der Waals surface area contributed by atoms with Gasteiger partial charge in [-0.25, -0.2) is 4.79 Å². The van der Waals surface area contributed by atoms with Crippen LogP contribution in [0.4, 0.5) is 0 Å². The molecule has 0 saturated heterocycles. The Labute approximate surface area is 109 Å². The third-order valence-electron chi connectivity index (χ3n) is 2.48. The highest BCUT2D eigenvalue weighted by Gasteiger charge is 2.03. The zero-order chi connectivity index (χ0) is 13.0. The summed E-state index contributed by atoms with van der Waals surface area (Å²) in [6.45, 7) is 1.60. The maximum absolute atomic E-state index is 10.7. The molecule has 2 aromatic heterocycles. The molecule has 92 valence electrons. The van der Waals surface area contributed by atoms with E-state index in [9.17, 15) is 4.79 Å². The van der Waals surface area contributed by atoms with E-state index in [1.54, 1.807) is 30.5 Å². The molecule has 2 rings (SSSR count). The number of aliphatic carboxylic acids is 1. The van der Waals surface area contributed by atoms with Crippen LogP contribution in [0.1, 0.15) is 22.2 Å². The number of aromatic nitrogens is 1. The average molecular weight is 259 g/mol. The smallest absolute Gasteiger partial charge is 0.331 e. The molecule has 0 radical (unpaired) electrons. The quantitative estimate of drug-likeness (QED) is 0.858. The van der Waals surface area contributed by atoms with Gasteiger partial charge in [0.05, 0.1) is 0 Å². The lowest BCUT2D eigenvalue weighted by Gasteiger charge is -1.96. The monoisotopic (exact) mass is 259 g/mol. The standard InChI is InChI=1S/C14H13NO2S/c1-10(14(16)17)7-12-4-5-13(18-12)8-11-3-2-6-15-9-11/h2-7,9H,8H2,1H3,(H,16,17)/b10-7+. The van der Waals surface area contributed by atoms with Crippen LogP contribution in [0.5, 0.6) is 0 Å². The summed E-state index contributed by atoms with van der Waals surface area (Å²) in [5.41, 5.74) is 1.51. The molecule has 4 heteroatoms. The minimum absolute atomic E-state index is 0.352. The predicted octanol–water partition coefficient (Wildman–Crippen LogP) is 3.22. The number of carboxylic acid groups (broad SMARTS) is 1. The molecule has 0 atom stereocenters. The topological polar surface area (TPSA) is 50.2 Å². The van der Waals surface area contributed by atoms with Crippen LogP contribution in [0.3, 0.4) is 0 Å². The fourth-order valence-electron chi connectivity index (χ4n) is 1.55. The molecule has 0 aliphatic rings. The molecule has 0 unspecified atom stereocenters. The van der Waals surface area contributed by atoms with Crippen LogP contribution in [0.2, 0.25) is 0 Å². The van der Waals surface area contributed by atoms with Gasteiger partial charge in [0.2, 0.25) is 0 Å². The molecule has 0 aliphatic carbocycles. The molecule has 0 amide bonds. The molecule has 2 aromatic rings. The summed E-state index contributed by atoms with van der Waals surface area (Å²) >= 11 is 1.61. The fourth-order valence-corrected chi connectivity index (χ4v) is 2.60. The number of pyridine rings is 1. The van der Waals surface area contributed by atoms with Crippen molar-refractivity contribution in [1.29, 1.82) is 0 Å². The van der Waals surface area contributed by atoms with E-state index in [4.69, 9.17) is 5.11 Å². The van der Waals surface area contributed by atoms with E-state index in [-0.39, 0.29) is 0 Å². The lowest BCUT2D eigenvalue weighted by molar-refractivity contribution is -0.132. The number of hydrogen-bond donors (Lipinski definition) is 1. The lowest BCUT2D eigenvalue weighted by Crippen LogP contribution is -1.94. The molecule has 2 heterocycles. The van der Waals surface area contributed by atoms with Crippen molar-refractivity contribution in [3.05, 3.63) is 57.6 Å². The SMILES string of the molecule is C/C(=C\c1ccc(Cc2cccnc2)s1)C(=O)O.